The van der Waals surface area contributed by atoms with Crippen molar-refractivity contribution in [3.05, 3.63) is 71.0 Å². The number of carbonyl (C=O) groups is 1. The summed E-state index contributed by atoms with van der Waals surface area (Å²) in [5, 5.41) is 8.70. The van der Waals surface area contributed by atoms with Crippen LogP contribution in [-0.2, 0) is 6.54 Å². The standard InChI is InChI=1S/C21H20ClN5O2/c1-13(2)26(21(28)17-11-27-14(3)7-6-10-18(27)23-17)12-19-24-25-20(29-19)15-8-4-5-9-16(15)22/h4-11,13H,12H2,1-3H3. The van der Waals surface area contributed by atoms with Gasteiger partial charge in [-0.2, -0.15) is 0 Å². The van der Waals surface area contributed by atoms with Crippen molar-refractivity contribution >= 4 is 23.2 Å². The molecule has 3 heterocycles. The first-order valence-electron chi connectivity index (χ1n) is 9.27. The smallest absolute Gasteiger partial charge is 0.274 e. The van der Waals surface area contributed by atoms with Crippen LogP contribution >= 0.6 is 11.6 Å². The Balaban J connectivity index is 1.60. The summed E-state index contributed by atoms with van der Waals surface area (Å²) in [5.74, 6) is 0.465. The minimum absolute atomic E-state index is 0.0796. The molecule has 4 rings (SSSR count). The Labute approximate surface area is 172 Å². The Morgan fingerprint density at radius 1 is 1.17 bits per heavy atom. The lowest BCUT2D eigenvalue weighted by molar-refractivity contribution is 0.0667. The highest BCUT2D eigenvalue weighted by Gasteiger charge is 2.24. The summed E-state index contributed by atoms with van der Waals surface area (Å²) >= 11 is 6.20. The number of rotatable bonds is 5. The highest BCUT2D eigenvalue weighted by Crippen LogP contribution is 2.26. The average molecular weight is 410 g/mol. The first kappa shape index (κ1) is 19.1. The van der Waals surface area contributed by atoms with Gasteiger partial charge in [-0.3, -0.25) is 4.79 Å². The van der Waals surface area contributed by atoms with Crippen LogP contribution in [-0.4, -0.2) is 36.4 Å². The second kappa shape index (κ2) is 7.67. The highest BCUT2D eigenvalue weighted by atomic mass is 35.5. The summed E-state index contributed by atoms with van der Waals surface area (Å²) in [6.07, 6.45) is 1.76. The number of aromatic nitrogens is 4. The number of aryl methyl sites for hydroxylation is 1. The van der Waals surface area contributed by atoms with Gasteiger partial charge in [0, 0.05) is 17.9 Å². The number of amides is 1. The molecular formula is C21H20ClN5O2. The van der Waals surface area contributed by atoms with Crippen molar-refractivity contribution in [3.63, 3.8) is 0 Å². The van der Waals surface area contributed by atoms with E-state index < -0.39 is 0 Å². The molecule has 0 N–H and O–H groups in total. The largest absolute Gasteiger partial charge is 0.419 e. The number of carbonyl (C=O) groups excluding carboxylic acids is 1. The molecule has 0 saturated carbocycles. The Morgan fingerprint density at radius 2 is 1.97 bits per heavy atom. The van der Waals surface area contributed by atoms with E-state index in [1.165, 1.54) is 0 Å². The molecule has 3 aromatic heterocycles. The lowest BCUT2D eigenvalue weighted by Crippen LogP contribution is -2.36. The monoisotopic (exact) mass is 409 g/mol. The zero-order valence-corrected chi connectivity index (χ0v) is 17.1. The molecule has 7 nitrogen and oxygen atoms in total. The van der Waals surface area contributed by atoms with Gasteiger partial charge in [0.15, 0.2) is 0 Å². The van der Waals surface area contributed by atoms with Crippen LogP contribution in [0.3, 0.4) is 0 Å². The topological polar surface area (TPSA) is 76.5 Å². The molecule has 29 heavy (non-hydrogen) atoms. The van der Waals surface area contributed by atoms with Gasteiger partial charge in [0.2, 0.25) is 11.8 Å². The second-order valence-corrected chi connectivity index (χ2v) is 7.44. The fraction of sp³-hybridized carbons (Fsp3) is 0.238. The van der Waals surface area contributed by atoms with E-state index in [0.717, 1.165) is 11.3 Å². The molecule has 0 aliphatic carbocycles. The van der Waals surface area contributed by atoms with E-state index in [-0.39, 0.29) is 18.5 Å². The van der Waals surface area contributed by atoms with E-state index in [4.69, 9.17) is 16.0 Å². The quantitative estimate of drug-likeness (QED) is 0.488. The molecule has 0 atom stereocenters. The number of nitrogens with zero attached hydrogens (tertiary/aromatic N) is 5. The van der Waals surface area contributed by atoms with Crippen LogP contribution in [0.2, 0.25) is 5.02 Å². The van der Waals surface area contributed by atoms with E-state index in [0.29, 0.717) is 28.1 Å². The van der Waals surface area contributed by atoms with Crippen LogP contribution in [0.1, 0.15) is 35.9 Å². The fourth-order valence-corrected chi connectivity index (χ4v) is 3.31. The Kier molecular flexibility index (Phi) is 5.07. The second-order valence-electron chi connectivity index (χ2n) is 7.03. The fourth-order valence-electron chi connectivity index (χ4n) is 3.09. The molecule has 0 unspecified atom stereocenters. The first-order valence-corrected chi connectivity index (χ1v) is 9.65. The van der Waals surface area contributed by atoms with Gasteiger partial charge in [-0.05, 0) is 45.0 Å². The Hall–Kier alpha value is -3.19. The van der Waals surface area contributed by atoms with Crippen molar-refractivity contribution in [1.82, 2.24) is 24.5 Å². The van der Waals surface area contributed by atoms with Gasteiger partial charge >= 0.3 is 0 Å². The summed E-state index contributed by atoms with van der Waals surface area (Å²) in [6, 6.07) is 12.9. The molecular weight excluding hydrogens is 390 g/mol. The van der Waals surface area contributed by atoms with Crippen LogP contribution in [0.4, 0.5) is 0 Å². The van der Waals surface area contributed by atoms with Crippen molar-refractivity contribution < 1.29 is 9.21 Å². The summed E-state index contributed by atoms with van der Waals surface area (Å²) in [7, 11) is 0. The maximum Gasteiger partial charge on any atom is 0.274 e. The summed E-state index contributed by atoms with van der Waals surface area (Å²) in [4.78, 5) is 19.3. The molecule has 8 heteroatoms. The van der Waals surface area contributed by atoms with Crippen LogP contribution in [0, 0.1) is 6.92 Å². The normalized spacial score (nSPS) is 11.3. The molecule has 0 spiro atoms. The van der Waals surface area contributed by atoms with Crippen molar-refractivity contribution in [2.75, 3.05) is 0 Å². The van der Waals surface area contributed by atoms with Crippen LogP contribution in [0.15, 0.2) is 53.1 Å². The van der Waals surface area contributed by atoms with Gasteiger partial charge < -0.3 is 13.7 Å². The first-order chi connectivity index (χ1) is 13.9. The summed E-state index contributed by atoms with van der Waals surface area (Å²) in [5.41, 5.74) is 2.77. The van der Waals surface area contributed by atoms with Crippen LogP contribution in [0.5, 0.6) is 0 Å². The lowest BCUT2D eigenvalue weighted by atomic mass is 10.2. The van der Waals surface area contributed by atoms with Crippen molar-refractivity contribution in [2.24, 2.45) is 0 Å². The van der Waals surface area contributed by atoms with Crippen molar-refractivity contribution in [1.29, 1.82) is 0 Å². The molecule has 1 amide bonds. The number of hydrogen-bond donors (Lipinski definition) is 0. The predicted octanol–water partition coefficient (Wildman–Crippen LogP) is 4.40. The zero-order chi connectivity index (χ0) is 20.5. The third-order valence-corrected chi connectivity index (χ3v) is 5.01. The number of fused-ring (bicyclic) bond motifs is 1. The number of halogens is 1. The molecule has 4 aromatic rings. The third-order valence-electron chi connectivity index (χ3n) is 4.68. The van der Waals surface area contributed by atoms with Gasteiger partial charge in [0.1, 0.15) is 11.3 Å². The summed E-state index contributed by atoms with van der Waals surface area (Å²) in [6.45, 7) is 6.02. The molecule has 0 saturated heterocycles. The zero-order valence-electron chi connectivity index (χ0n) is 16.3. The van der Waals surface area contributed by atoms with E-state index in [9.17, 15) is 4.79 Å². The molecule has 0 bridgehead atoms. The maximum absolute atomic E-state index is 13.1. The van der Waals surface area contributed by atoms with Gasteiger partial charge in [0.05, 0.1) is 17.1 Å². The van der Waals surface area contributed by atoms with Gasteiger partial charge in [-0.15, -0.1) is 10.2 Å². The summed E-state index contributed by atoms with van der Waals surface area (Å²) < 4.78 is 7.67. The number of pyridine rings is 1. The molecule has 0 aliphatic heterocycles. The lowest BCUT2D eigenvalue weighted by Gasteiger charge is -2.24. The van der Waals surface area contributed by atoms with Gasteiger partial charge in [0.25, 0.3) is 5.91 Å². The predicted molar refractivity (Wildman–Crippen MR) is 110 cm³/mol. The number of hydrogen-bond acceptors (Lipinski definition) is 5. The number of benzene rings is 1. The Bertz CT molecular complexity index is 1180. The van der Waals surface area contributed by atoms with Crippen LogP contribution < -0.4 is 0 Å². The minimum Gasteiger partial charge on any atom is -0.419 e. The number of imidazole rings is 1. The van der Waals surface area contributed by atoms with Crippen molar-refractivity contribution in [2.45, 2.75) is 33.4 Å². The van der Waals surface area contributed by atoms with Gasteiger partial charge in [-0.25, -0.2) is 4.98 Å². The van der Waals surface area contributed by atoms with Crippen molar-refractivity contribution in [3.8, 4) is 11.5 Å². The van der Waals surface area contributed by atoms with Gasteiger partial charge in [-0.1, -0.05) is 29.8 Å². The van der Waals surface area contributed by atoms with E-state index >= 15 is 0 Å². The maximum atomic E-state index is 13.1. The third kappa shape index (κ3) is 3.73. The SMILES string of the molecule is Cc1cccc2nc(C(=O)N(Cc3nnc(-c4ccccc4Cl)o3)C(C)C)cn12. The molecule has 0 fully saturated rings. The van der Waals surface area contributed by atoms with E-state index in [1.807, 2.05) is 61.6 Å². The Morgan fingerprint density at radius 3 is 2.69 bits per heavy atom. The highest BCUT2D eigenvalue weighted by molar-refractivity contribution is 6.33. The molecule has 0 radical (unpaired) electrons. The van der Waals surface area contributed by atoms with E-state index in [2.05, 4.69) is 15.2 Å². The molecule has 0 aliphatic rings. The van der Waals surface area contributed by atoms with Crippen LogP contribution in [0.25, 0.3) is 17.1 Å². The minimum atomic E-state index is -0.194. The molecule has 148 valence electrons. The molecule has 1 aromatic carbocycles. The average Bonchev–Trinajstić information content (AvgIpc) is 3.33. The van der Waals surface area contributed by atoms with E-state index in [1.54, 1.807) is 17.2 Å².